The molecule has 6 heteroatoms. The number of nitrogens with zero attached hydrogens (tertiary/aromatic N) is 3. The molecule has 276 valence electrons. The van der Waals surface area contributed by atoms with E-state index in [0.717, 1.165) is 0 Å². The van der Waals surface area contributed by atoms with Crippen LogP contribution in [0.3, 0.4) is 0 Å². The fraction of sp³-hybridized carbons (Fsp3) is 0.250. The molecule has 0 spiro atoms. The fourth-order valence-corrected chi connectivity index (χ4v) is 24.8. The van der Waals surface area contributed by atoms with Gasteiger partial charge in [0.15, 0.2) is 0 Å². The topological polar surface area (TPSA) is 37.1 Å². The Labute approximate surface area is 324 Å². The number of aryl methyl sites for hydroxylation is 12. The summed E-state index contributed by atoms with van der Waals surface area (Å²) >= 11 is 0. The Kier molecular flexibility index (Phi) is 10.1. The van der Waals surface area contributed by atoms with Crippen LogP contribution in [0.4, 0.5) is 0 Å². The third-order valence-electron chi connectivity index (χ3n) is 10.2. The molecule has 3 nitrogen and oxygen atoms in total. The summed E-state index contributed by atoms with van der Waals surface area (Å²) in [7, 11) is -8.92. The molecule has 0 aliphatic carbocycles. The Morgan fingerprint density at radius 2 is 0.315 bits per heavy atom. The van der Waals surface area contributed by atoms with Crippen molar-refractivity contribution in [3.63, 3.8) is 0 Å². The minimum atomic E-state index is -2.97. The van der Waals surface area contributed by atoms with E-state index in [0.29, 0.717) is 0 Å². The minimum Gasteiger partial charge on any atom is -0.223 e. The predicted molar refractivity (Wildman–Crippen MR) is 241 cm³/mol. The van der Waals surface area contributed by atoms with Crippen LogP contribution in [0.1, 0.15) is 66.8 Å². The van der Waals surface area contributed by atoms with Crippen LogP contribution in [0.2, 0.25) is 0 Å². The smallest absolute Gasteiger partial charge is 0.138 e. The average Bonchev–Trinajstić information content (AvgIpc) is 3.05. The van der Waals surface area contributed by atoms with Crippen LogP contribution in [-0.2, 0) is 0 Å². The van der Waals surface area contributed by atoms with E-state index in [1.807, 2.05) is 0 Å². The van der Waals surface area contributed by atoms with Crippen molar-refractivity contribution < 1.29 is 0 Å². The maximum absolute atomic E-state index is 6.51. The van der Waals surface area contributed by atoms with Crippen molar-refractivity contribution in [2.75, 3.05) is 0 Å². The highest BCUT2D eigenvalue weighted by molar-refractivity contribution is 8.00. The van der Waals surface area contributed by atoms with E-state index in [-0.39, 0.29) is 0 Å². The monoisotopic (exact) mass is 765 g/mol. The summed E-state index contributed by atoms with van der Waals surface area (Å²) in [6.07, 6.45) is 0. The Bertz CT molecular complexity index is 2080. The zero-order chi connectivity index (χ0) is 38.7. The van der Waals surface area contributed by atoms with Crippen molar-refractivity contribution in [1.29, 1.82) is 0 Å². The normalized spacial score (nSPS) is 15.6. The van der Waals surface area contributed by atoms with Crippen molar-refractivity contribution in [3.05, 3.63) is 176 Å². The first-order valence-corrected chi connectivity index (χ1v) is 24.0. The Morgan fingerprint density at radius 3 is 0.426 bits per heavy atom. The molecule has 0 unspecified atom stereocenters. The van der Waals surface area contributed by atoms with Crippen molar-refractivity contribution in [3.8, 4) is 0 Å². The molecule has 0 saturated carbocycles. The van der Waals surface area contributed by atoms with Crippen molar-refractivity contribution in [2.45, 2.75) is 83.1 Å². The minimum absolute atomic E-state index is 1.20. The van der Waals surface area contributed by atoms with Crippen LogP contribution in [0, 0.1) is 83.1 Å². The predicted octanol–water partition coefficient (Wildman–Crippen LogP) is 12.0. The number of hydrogen-bond donors (Lipinski definition) is 0. The summed E-state index contributed by atoms with van der Waals surface area (Å²) in [5.74, 6) is 0. The highest BCUT2D eigenvalue weighted by Crippen LogP contribution is 2.76. The van der Waals surface area contributed by atoms with Gasteiger partial charge in [0.25, 0.3) is 0 Å². The van der Waals surface area contributed by atoms with Gasteiger partial charge in [0.1, 0.15) is 21.6 Å². The Morgan fingerprint density at radius 1 is 0.204 bits per heavy atom. The lowest BCUT2D eigenvalue weighted by Gasteiger charge is -2.39. The summed E-state index contributed by atoms with van der Waals surface area (Å²) in [6.45, 7) is 26.6. The molecule has 1 aliphatic rings. The van der Waals surface area contributed by atoms with Gasteiger partial charge in [-0.25, -0.2) is 13.5 Å². The van der Waals surface area contributed by atoms with Crippen molar-refractivity contribution in [1.82, 2.24) is 0 Å². The maximum Gasteiger partial charge on any atom is 0.138 e. The first-order valence-electron chi connectivity index (χ1n) is 18.9. The summed E-state index contributed by atoms with van der Waals surface area (Å²) in [5.41, 5.74) is 14.7. The Balaban J connectivity index is 1.91. The second kappa shape index (κ2) is 14.3. The van der Waals surface area contributed by atoms with E-state index in [1.54, 1.807) is 0 Å². The second-order valence-corrected chi connectivity index (χ2v) is 25.0. The molecule has 7 rings (SSSR count). The SMILES string of the molecule is Cc1cc(C)cc(P2(c3cc(C)cc(C)c3)=NP(c3cc(C)cc(C)c3)(c3cc(C)cc(C)c3)=NP(c3cc(C)cc(C)c3)(c3cc(C)cc(C)c3)=N2)c1. The third kappa shape index (κ3) is 7.13. The summed E-state index contributed by atoms with van der Waals surface area (Å²) < 4.78 is 19.5. The number of benzene rings is 6. The second-order valence-electron chi connectivity index (χ2n) is 16.1. The van der Waals surface area contributed by atoms with Crippen LogP contribution < -0.4 is 31.8 Å². The molecular formula is C48H54N3P3. The highest BCUT2D eigenvalue weighted by Gasteiger charge is 2.43. The molecule has 0 N–H and O–H groups in total. The molecule has 0 saturated heterocycles. The fourth-order valence-electron chi connectivity index (χ4n) is 8.47. The van der Waals surface area contributed by atoms with E-state index >= 15 is 0 Å². The molecule has 6 aromatic rings. The van der Waals surface area contributed by atoms with Crippen LogP contribution in [0.15, 0.2) is 123 Å². The summed E-state index contributed by atoms with van der Waals surface area (Å²) in [4.78, 5) is 0. The molecule has 6 aromatic carbocycles. The molecule has 1 heterocycles. The largest absolute Gasteiger partial charge is 0.223 e. The lowest BCUT2D eigenvalue weighted by atomic mass is 10.2. The average molecular weight is 766 g/mol. The number of rotatable bonds is 6. The van der Waals surface area contributed by atoms with Gasteiger partial charge in [-0.3, -0.25) is 0 Å². The van der Waals surface area contributed by atoms with Crippen LogP contribution >= 0.6 is 21.6 Å². The highest BCUT2D eigenvalue weighted by atomic mass is 31.3. The molecule has 0 fully saturated rings. The maximum atomic E-state index is 6.51. The van der Waals surface area contributed by atoms with E-state index in [1.165, 1.54) is 98.6 Å². The van der Waals surface area contributed by atoms with E-state index in [2.05, 4.69) is 192 Å². The quantitative estimate of drug-likeness (QED) is 0.151. The van der Waals surface area contributed by atoms with Gasteiger partial charge >= 0.3 is 0 Å². The third-order valence-corrected chi connectivity index (χ3v) is 22.3. The van der Waals surface area contributed by atoms with Crippen molar-refractivity contribution >= 4 is 53.4 Å². The van der Waals surface area contributed by atoms with Gasteiger partial charge in [0.05, 0.1) is 0 Å². The molecule has 0 bridgehead atoms. The summed E-state index contributed by atoms with van der Waals surface area (Å²) in [5, 5.41) is 7.23. The van der Waals surface area contributed by atoms with E-state index in [9.17, 15) is 0 Å². The lowest BCUT2D eigenvalue weighted by Crippen LogP contribution is -2.26. The van der Waals surface area contributed by atoms with Gasteiger partial charge in [0, 0.05) is 31.8 Å². The zero-order valence-electron chi connectivity index (χ0n) is 34.1. The van der Waals surface area contributed by atoms with E-state index < -0.39 is 21.6 Å². The number of hydrogen-bond acceptors (Lipinski definition) is 3. The first kappa shape index (κ1) is 38.3. The van der Waals surface area contributed by atoms with Crippen LogP contribution in [0.25, 0.3) is 0 Å². The molecule has 54 heavy (non-hydrogen) atoms. The zero-order valence-corrected chi connectivity index (χ0v) is 36.8. The van der Waals surface area contributed by atoms with Crippen LogP contribution in [0.5, 0.6) is 0 Å². The van der Waals surface area contributed by atoms with Gasteiger partial charge < -0.3 is 0 Å². The first-order chi connectivity index (χ1) is 25.5. The van der Waals surface area contributed by atoms with Gasteiger partial charge in [-0.15, -0.1) is 0 Å². The van der Waals surface area contributed by atoms with Gasteiger partial charge in [0.2, 0.25) is 0 Å². The van der Waals surface area contributed by atoms with Crippen molar-refractivity contribution in [2.24, 2.45) is 13.5 Å². The van der Waals surface area contributed by atoms with Crippen LogP contribution in [-0.4, -0.2) is 0 Å². The molecule has 1 aliphatic heterocycles. The van der Waals surface area contributed by atoms with Gasteiger partial charge in [-0.1, -0.05) is 103 Å². The molecular weight excluding hydrogens is 711 g/mol. The molecule has 0 amide bonds. The Hall–Kier alpha value is -3.99. The van der Waals surface area contributed by atoms with E-state index in [4.69, 9.17) is 13.5 Å². The summed E-state index contributed by atoms with van der Waals surface area (Å²) in [6, 6.07) is 42.3. The van der Waals surface area contributed by atoms with Gasteiger partial charge in [-0.2, -0.15) is 0 Å². The van der Waals surface area contributed by atoms with Gasteiger partial charge in [-0.05, 0) is 156 Å². The lowest BCUT2D eigenvalue weighted by molar-refractivity contribution is 1.39. The molecule has 0 radical (unpaired) electrons. The standard InChI is InChI=1S/C48H54N3P3/c1-31-13-32(2)20-43(19-31)52(44-21-33(3)14-34(4)22-44)49-53(45-23-35(5)15-36(6)24-45,46-25-37(7)16-38(8)26-46)51-54(50-52,47-27-39(9)17-40(10)28-47)48-29-41(11)18-42(12)30-48/h13-30H,1-12H3. The molecule has 0 aromatic heterocycles. The molecule has 0 atom stereocenters.